The molecular formula is C75H134N2O7P+. The number of rotatable bonds is 63. The number of carbonyl (C=O) groups excluding carboxylic acids is 2. The van der Waals surface area contributed by atoms with Gasteiger partial charge in [-0.1, -0.05) is 285 Å². The van der Waals surface area contributed by atoms with E-state index in [1.165, 1.54) is 161 Å². The fourth-order valence-corrected chi connectivity index (χ4v) is 10.5. The first-order valence-electron chi connectivity index (χ1n) is 35.2. The first-order valence-corrected chi connectivity index (χ1v) is 36.7. The van der Waals surface area contributed by atoms with Crippen molar-refractivity contribution >= 4 is 19.7 Å². The number of phosphoric ester groups is 1. The fourth-order valence-electron chi connectivity index (χ4n) is 9.80. The lowest BCUT2D eigenvalue weighted by Crippen LogP contribution is -2.47. The Balaban J connectivity index is 5.13. The lowest BCUT2D eigenvalue weighted by molar-refractivity contribution is -0.870. The van der Waals surface area contributed by atoms with Crippen LogP contribution in [0.25, 0.3) is 0 Å². The predicted octanol–water partition coefficient (Wildman–Crippen LogP) is 22.5. The van der Waals surface area contributed by atoms with Crippen LogP contribution in [0.5, 0.6) is 0 Å². The number of hydrogen-bond acceptors (Lipinski definition) is 6. The second kappa shape index (κ2) is 63.7. The molecule has 0 bridgehead atoms. The third kappa shape index (κ3) is 65.0. The van der Waals surface area contributed by atoms with Crippen LogP contribution >= 0.6 is 7.82 Å². The maximum absolute atomic E-state index is 13.6. The SMILES string of the molecule is CC/C=C\C/C=C\C/C=C\C/C=C\C/C=C\CCCCCC(=O)NC(COP(=O)(O)OCC[N+](C)(C)C)C(/C=C\CCCCCCCCCCCCC)OC(=O)CCCCCCCCCCCCCCCC/C=C\C/C=C\C/C=C\CCCCC. The van der Waals surface area contributed by atoms with Gasteiger partial charge in [0.2, 0.25) is 5.91 Å². The Morgan fingerprint density at radius 1 is 0.424 bits per heavy atom. The molecule has 0 aliphatic heterocycles. The zero-order chi connectivity index (χ0) is 62.1. The normalized spacial score (nSPS) is 14.2. The summed E-state index contributed by atoms with van der Waals surface area (Å²) in [6, 6.07) is -0.873. The minimum Gasteiger partial charge on any atom is -0.456 e. The molecule has 0 aromatic rings. The Hall–Kier alpha value is -3.33. The number of nitrogens with zero attached hydrogens (tertiary/aromatic N) is 1. The summed E-state index contributed by atoms with van der Waals surface area (Å²) in [5.74, 6) is -0.542. The number of likely N-dealkylation sites (N-methyl/N-ethyl adjacent to an activating group) is 1. The van der Waals surface area contributed by atoms with Gasteiger partial charge in [-0.15, -0.1) is 0 Å². The quantitative estimate of drug-likeness (QED) is 0.0205. The third-order valence-corrected chi connectivity index (χ3v) is 16.2. The van der Waals surface area contributed by atoms with Gasteiger partial charge in [0.1, 0.15) is 19.3 Å². The van der Waals surface area contributed by atoms with Gasteiger partial charge in [0.05, 0.1) is 33.8 Å². The Morgan fingerprint density at radius 3 is 1.16 bits per heavy atom. The molecule has 0 spiro atoms. The van der Waals surface area contributed by atoms with Crippen molar-refractivity contribution in [1.29, 1.82) is 0 Å². The van der Waals surface area contributed by atoms with Crippen LogP contribution in [-0.2, 0) is 27.9 Å². The zero-order valence-corrected chi connectivity index (χ0v) is 57.0. The molecule has 3 unspecified atom stereocenters. The molecule has 0 aromatic heterocycles. The van der Waals surface area contributed by atoms with Gasteiger partial charge < -0.3 is 19.4 Å². The average molecular weight is 1210 g/mol. The predicted molar refractivity (Wildman–Crippen MR) is 369 cm³/mol. The van der Waals surface area contributed by atoms with E-state index in [0.717, 1.165) is 103 Å². The summed E-state index contributed by atoms with van der Waals surface area (Å²) >= 11 is 0. The topological polar surface area (TPSA) is 111 Å². The second-order valence-electron chi connectivity index (χ2n) is 24.7. The van der Waals surface area contributed by atoms with Crippen molar-refractivity contribution in [3.05, 3.63) is 109 Å². The molecule has 9 nitrogen and oxygen atoms in total. The zero-order valence-electron chi connectivity index (χ0n) is 56.1. The lowest BCUT2D eigenvalue weighted by atomic mass is 10.0. The third-order valence-electron chi connectivity index (χ3n) is 15.2. The van der Waals surface area contributed by atoms with E-state index in [9.17, 15) is 19.0 Å². The van der Waals surface area contributed by atoms with E-state index in [1.807, 2.05) is 33.3 Å². The Kier molecular flexibility index (Phi) is 61.2. The Labute approximate surface area is 525 Å². The van der Waals surface area contributed by atoms with E-state index in [-0.39, 0.29) is 37.9 Å². The van der Waals surface area contributed by atoms with Gasteiger partial charge in [-0.2, -0.15) is 0 Å². The van der Waals surface area contributed by atoms with E-state index in [4.69, 9.17) is 13.8 Å². The van der Waals surface area contributed by atoms with Gasteiger partial charge >= 0.3 is 13.8 Å². The van der Waals surface area contributed by atoms with Crippen LogP contribution in [0.3, 0.4) is 0 Å². The van der Waals surface area contributed by atoms with Crippen LogP contribution in [0.4, 0.5) is 0 Å². The largest absolute Gasteiger partial charge is 0.472 e. The van der Waals surface area contributed by atoms with Crippen molar-refractivity contribution in [1.82, 2.24) is 5.32 Å². The molecule has 1 amide bonds. The van der Waals surface area contributed by atoms with E-state index in [2.05, 4.69) is 123 Å². The molecule has 0 aromatic carbocycles. The highest BCUT2D eigenvalue weighted by atomic mass is 31.2. The number of unbranched alkanes of at least 4 members (excludes halogenated alkanes) is 31. The standard InChI is InChI=1S/C75H133N2O7P/c1-7-10-13-16-19-22-25-28-30-32-34-35-36-37-38-39-40-41-43-45-47-50-53-56-59-62-65-68-75(79)84-73(66-63-60-57-54-51-48-27-24-21-18-15-12-9-3)72(71-83-85(80,81)82-70-69-77(4,5)6)76-74(78)67-64-61-58-55-52-49-46-44-42-33-31-29-26-23-20-17-14-11-8-2/h11,14,19-20,22-23,28-31,34-35,42,44,49,52,63,66,72-73H,7-10,12-13,15-18,21,24-27,32-33,36-41,43,45-48,50-51,53-62,64-65,67-71H2,1-6H3,(H-,76,78,80,81)/p+1/b14-11-,22-19-,23-20-,30-28-,31-29-,35-34-,44-42-,52-49-,66-63-. The molecule has 3 atom stereocenters. The maximum Gasteiger partial charge on any atom is 0.472 e. The lowest BCUT2D eigenvalue weighted by Gasteiger charge is -2.27. The average Bonchev–Trinajstić information content (AvgIpc) is 3.50. The number of ether oxygens (including phenoxy) is 1. The van der Waals surface area contributed by atoms with Gasteiger partial charge in [0, 0.05) is 12.8 Å². The van der Waals surface area contributed by atoms with Crippen molar-refractivity contribution in [2.75, 3.05) is 40.9 Å². The summed E-state index contributed by atoms with van der Waals surface area (Å²) in [4.78, 5) is 37.9. The minimum absolute atomic E-state index is 0.0291. The fraction of sp³-hybridized carbons (Fsp3) is 0.733. The molecule has 0 rings (SSSR count). The number of nitrogens with one attached hydrogen (secondary N) is 1. The van der Waals surface area contributed by atoms with Gasteiger partial charge in [-0.3, -0.25) is 18.6 Å². The van der Waals surface area contributed by atoms with E-state index < -0.39 is 20.0 Å². The van der Waals surface area contributed by atoms with Crippen molar-refractivity contribution < 1.29 is 37.3 Å². The van der Waals surface area contributed by atoms with Crippen molar-refractivity contribution in [2.24, 2.45) is 0 Å². The smallest absolute Gasteiger partial charge is 0.456 e. The van der Waals surface area contributed by atoms with Gasteiger partial charge in [-0.25, -0.2) is 4.57 Å². The summed E-state index contributed by atoms with van der Waals surface area (Å²) < 4.78 is 30.8. The van der Waals surface area contributed by atoms with Gasteiger partial charge in [0.25, 0.3) is 0 Å². The van der Waals surface area contributed by atoms with E-state index >= 15 is 0 Å². The maximum atomic E-state index is 13.6. The summed E-state index contributed by atoms with van der Waals surface area (Å²) in [5.41, 5.74) is 0. The van der Waals surface area contributed by atoms with Gasteiger partial charge in [-0.05, 0) is 115 Å². The summed E-state index contributed by atoms with van der Waals surface area (Å²) in [6.07, 6.45) is 88.2. The molecule has 2 N–H and O–H groups in total. The number of phosphoric acid groups is 1. The summed E-state index contributed by atoms with van der Waals surface area (Å²) in [7, 11) is 1.47. The highest BCUT2D eigenvalue weighted by Gasteiger charge is 2.30. The first kappa shape index (κ1) is 81.7. The number of amides is 1. The number of carbonyl (C=O) groups is 2. The molecule has 10 heteroatoms. The molecular weight excluding hydrogens is 1070 g/mol. The first-order chi connectivity index (χ1) is 41.4. The highest BCUT2D eigenvalue weighted by Crippen LogP contribution is 2.43. The van der Waals surface area contributed by atoms with Crippen molar-refractivity contribution in [3.63, 3.8) is 0 Å². The van der Waals surface area contributed by atoms with Gasteiger partial charge in [0.15, 0.2) is 0 Å². The molecule has 0 heterocycles. The van der Waals surface area contributed by atoms with Crippen molar-refractivity contribution in [2.45, 2.75) is 315 Å². The monoisotopic (exact) mass is 1210 g/mol. The van der Waals surface area contributed by atoms with Crippen LogP contribution in [-0.4, -0.2) is 74.3 Å². The molecule has 0 aliphatic rings. The van der Waals surface area contributed by atoms with Crippen LogP contribution in [0.1, 0.15) is 303 Å². The highest BCUT2D eigenvalue weighted by molar-refractivity contribution is 7.47. The van der Waals surface area contributed by atoms with E-state index in [1.54, 1.807) is 0 Å². The van der Waals surface area contributed by atoms with E-state index in [0.29, 0.717) is 17.4 Å². The summed E-state index contributed by atoms with van der Waals surface area (Å²) in [6.45, 7) is 6.86. The van der Waals surface area contributed by atoms with Crippen LogP contribution in [0.15, 0.2) is 109 Å². The Morgan fingerprint density at radius 2 is 0.753 bits per heavy atom. The molecule has 490 valence electrons. The Bertz CT molecular complexity index is 1820. The van der Waals surface area contributed by atoms with Crippen LogP contribution < -0.4 is 5.32 Å². The van der Waals surface area contributed by atoms with Crippen LogP contribution in [0, 0.1) is 0 Å². The summed E-state index contributed by atoms with van der Waals surface area (Å²) in [5, 5.41) is 3.05. The minimum atomic E-state index is -4.47. The number of esters is 1. The van der Waals surface area contributed by atoms with Crippen molar-refractivity contribution in [3.8, 4) is 0 Å². The molecule has 0 aliphatic carbocycles. The number of allylic oxidation sites excluding steroid dienone is 17. The number of hydrogen-bond donors (Lipinski definition) is 2. The molecule has 85 heavy (non-hydrogen) atoms. The molecule has 0 saturated carbocycles. The van der Waals surface area contributed by atoms with Crippen LogP contribution in [0.2, 0.25) is 0 Å². The molecule has 0 radical (unpaired) electrons. The second-order valence-corrected chi connectivity index (χ2v) is 26.1. The molecule has 0 saturated heterocycles. The molecule has 0 fully saturated rings. The number of quaternary nitrogens is 1.